The Morgan fingerprint density at radius 3 is 2.65 bits per heavy atom. The molecule has 2 aromatic heterocycles. The van der Waals surface area contributed by atoms with E-state index in [4.69, 9.17) is 0 Å². The Bertz CT molecular complexity index is 683. The van der Waals surface area contributed by atoms with Gasteiger partial charge in [0.1, 0.15) is 0 Å². The first-order chi connectivity index (χ1) is 8.25. The number of pyridine rings is 1. The Morgan fingerprint density at radius 2 is 1.82 bits per heavy atom. The second-order valence-corrected chi connectivity index (χ2v) is 4.27. The van der Waals surface area contributed by atoms with Gasteiger partial charge in [0.25, 0.3) is 0 Å². The van der Waals surface area contributed by atoms with E-state index < -0.39 is 0 Å². The molecule has 0 fully saturated rings. The Hall–Kier alpha value is -2.16. The highest BCUT2D eigenvalue weighted by Crippen LogP contribution is 2.21. The molecule has 3 nitrogen and oxygen atoms in total. The smallest absolute Gasteiger partial charge is 0.168 e. The van der Waals surface area contributed by atoms with Crippen molar-refractivity contribution in [2.24, 2.45) is 0 Å². The van der Waals surface area contributed by atoms with Crippen molar-refractivity contribution in [1.29, 1.82) is 0 Å². The average Bonchev–Trinajstić information content (AvgIpc) is 2.72. The molecule has 0 saturated carbocycles. The molecule has 0 N–H and O–H groups in total. The molecule has 0 amide bonds. The zero-order valence-electron chi connectivity index (χ0n) is 9.88. The van der Waals surface area contributed by atoms with Gasteiger partial charge in [0.05, 0.1) is 0 Å². The van der Waals surface area contributed by atoms with Gasteiger partial charge in [0.15, 0.2) is 11.5 Å². The number of aryl methyl sites for hydroxylation is 2. The minimum absolute atomic E-state index is 0.892. The SMILES string of the molecule is Cc1ccn2c(-c3ccccc3C)nnc2c1. The average molecular weight is 223 g/mol. The molecular weight excluding hydrogens is 210 g/mol. The fourth-order valence-corrected chi connectivity index (χ4v) is 2.00. The van der Waals surface area contributed by atoms with Crippen LogP contribution in [-0.4, -0.2) is 14.6 Å². The van der Waals surface area contributed by atoms with Crippen molar-refractivity contribution in [3.05, 3.63) is 53.7 Å². The van der Waals surface area contributed by atoms with Crippen molar-refractivity contribution in [3.63, 3.8) is 0 Å². The molecule has 0 saturated heterocycles. The highest BCUT2D eigenvalue weighted by atomic mass is 15.2. The number of fused-ring (bicyclic) bond motifs is 1. The molecule has 0 unspecified atom stereocenters. The second kappa shape index (κ2) is 3.70. The van der Waals surface area contributed by atoms with Gasteiger partial charge in [-0.25, -0.2) is 0 Å². The van der Waals surface area contributed by atoms with Crippen molar-refractivity contribution in [3.8, 4) is 11.4 Å². The minimum atomic E-state index is 0.892. The van der Waals surface area contributed by atoms with Crippen LogP contribution in [0.15, 0.2) is 42.6 Å². The van der Waals surface area contributed by atoms with Gasteiger partial charge in [-0.15, -0.1) is 10.2 Å². The first-order valence-corrected chi connectivity index (χ1v) is 5.63. The van der Waals surface area contributed by atoms with Crippen molar-refractivity contribution >= 4 is 5.65 Å². The van der Waals surface area contributed by atoms with Gasteiger partial charge in [-0.1, -0.05) is 24.3 Å². The van der Waals surface area contributed by atoms with Gasteiger partial charge in [0, 0.05) is 11.8 Å². The van der Waals surface area contributed by atoms with Crippen molar-refractivity contribution in [2.45, 2.75) is 13.8 Å². The summed E-state index contributed by atoms with van der Waals surface area (Å²) >= 11 is 0. The monoisotopic (exact) mass is 223 g/mol. The summed E-state index contributed by atoms with van der Waals surface area (Å²) in [6, 6.07) is 12.3. The maximum Gasteiger partial charge on any atom is 0.168 e. The number of hydrogen-bond acceptors (Lipinski definition) is 2. The standard InChI is InChI=1S/C14H13N3/c1-10-7-8-17-13(9-10)15-16-14(17)12-6-4-3-5-11(12)2/h3-9H,1-2H3. The molecule has 3 heteroatoms. The molecule has 0 radical (unpaired) electrons. The van der Waals surface area contributed by atoms with Crippen LogP contribution in [0.3, 0.4) is 0 Å². The Labute approximate surface area is 99.7 Å². The maximum atomic E-state index is 4.28. The summed E-state index contributed by atoms with van der Waals surface area (Å²) in [5.74, 6) is 0.901. The van der Waals surface area contributed by atoms with Crippen LogP contribution < -0.4 is 0 Å². The molecule has 0 bridgehead atoms. The summed E-state index contributed by atoms with van der Waals surface area (Å²) in [5, 5.41) is 8.49. The Morgan fingerprint density at radius 1 is 1.00 bits per heavy atom. The van der Waals surface area contributed by atoms with Crippen LogP contribution in [0.25, 0.3) is 17.0 Å². The van der Waals surface area contributed by atoms with E-state index in [1.807, 2.05) is 28.8 Å². The van der Waals surface area contributed by atoms with E-state index in [-0.39, 0.29) is 0 Å². The van der Waals surface area contributed by atoms with Gasteiger partial charge in [-0.05, 0) is 37.1 Å². The van der Waals surface area contributed by atoms with E-state index in [1.165, 1.54) is 11.1 Å². The number of aromatic nitrogens is 3. The van der Waals surface area contributed by atoms with Crippen LogP contribution in [0.1, 0.15) is 11.1 Å². The topological polar surface area (TPSA) is 30.2 Å². The zero-order chi connectivity index (χ0) is 11.8. The molecule has 3 aromatic rings. The first kappa shape index (κ1) is 10.0. The summed E-state index contributed by atoms with van der Waals surface area (Å²) in [4.78, 5) is 0. The lowest BCUT2D eigenvalue weighted by Crippen LogP contribution is -1.91. The predicted octanol–water partition coefficient (Wildman–Crippen LogP) is 3.01. The van der Waals surface area contributed by atoms with Gasteiger partial charge in [0.2, 0.25) is 0 Å². The Kier molecular flexibility index (Phi) is 2.18. The van der Waals surface area contributed by atoms with Crippen LogP contribution in [0.2, 0.25) is 0 Å². The Balaban J connectivity index is 2.29. The molecule has 2 heterocycles. The molecule has 0 aliphatic heterocycles. The van der Waals surface area contributed by atoms with E-state index in [0.29, 0.717) is 0 Å². The largest absolute Gasteiger partial charge is 0.282 e. The second-order valence-electron chi connectivity index (χ2n) is 4.27. The third-order valence-electron chi connectivity index (χ3n) is 2.95. The fraction of sp³-hybridized carbons (Fsp3) is 0.143. The van der Waals surface area contributed by atoms with Crippen LogP contribution in [0.4, 0.5) is 0 Å². The quantitative estimate of drug-likeness (QED) is 0.634. The molecule has 0 atom stereocenters. The summed E-state index contributed by atoms with van der Waals surface area (Å²) in [7, 11) is 0. The summed E-state index contributed by atoms with van der Waals surface area (Å²) in [5.41, 5.74) is 4.43. The van der Waals surface area contributed by atoms with Crippen molar-refractivity contribution in [2.75, 3.05) is 0 Å². The first-order valence-electron chi connectivity index (χ1n) is 5.63. The van der Waals surface area contributed by atoms with E-state index in [1.54, 1.807) is 0 Å². The zero-order valence-corrected chi connectivity index (χ0v) is 9.88. The molecule has 17 heavy (non-hydrogen) atoms. The molecule has 3 rings (SSSR count). The molecule has 1 aromatic carbocycles. The van der Waals surface area contributed by atoms with Gasteiger partial charge < -0.3 is 0 Å². The number of nitrogens with zero attached hydrogens (tertiary/aromatic N) is 3. The van der Waals surface area contributed by atoms with Gasteiger partial charge in [-0.2, -0.15) is 0 Å². The normalized spacial score (nSPS) is 10.9. The summed E-state index contributed by atoms with van der Waals surface area (Å²) in [6.07, 6.45) is 2.02. The number of rotatable bonds is 1. The lowest BCUT2D eigenvalue weighted by molar-refractivity contribution is 1.11. The highest BCUT2D eigenvalue weighted by Gasteiger charge is 2.09. The molecule has 0 spiro atoms. The molecule has 0 aliphatic carbocycles. The summed E-state index contributed by atoms with van der Waals surface area (Å²) < 4.78 is 2.02. The lowest BCUT2D eigenvalue weighted by atomic mass is 10.1. The fourth-order valence-electron chi connectivity index (χ4n) is 2.00. The molecular formula is C14H13N3. The lowest BCUT2D eigenvalue weighted by Gasteiger charge is -2.03. The van der Waals surface area contributed by atoms with Gasteiger partial charge >= 0.3 is 0 Å². The van der Waals surface area contributed by atoms with E-state index in [0.717, 1.165) is 17.0 Å². The molecule has 0 aliphatic rings. The number of benzene rings is 1. The van der Waals surface area contributed by atoms with E-state index >= 15 is 0 Å². The van der Waals surface area contributed by atoms with Gasteiger partial charge in [-0.3, -0.25) is 4.40 Å². The van der Waals surface area contributed by atoms with Crippen LogP contribution >= 0.6 is 0 Å². The number of hydrogen-bond donors (Lipinski definition) is 0. The van der Waals surface area contributed by atoms with E-state index in [2.05, 4.69) is 42.2 Å². The highest BCUT2D eigenvalue weighted by molar-refractivity contribution is 5.63. The third kappa shape index (κ3) is 1.60. The van der Waals surface area contributed by atoms with E-state index in [9.17, 15) is 0 Å². The van der Waals surface area contributed by atoms with Crippen molar-refractivity contribution in [1.82, 2.24) is 14.6 Å². The predicted molar refractivity (Wildman–Crippen MR) is 67.9 cm³/mol. The maximum absolute atomic E-state index is 4.28. The third-order valence-corrected chi connectivity index (χ3v) is 2.95. The van der Waals surface area contributed by atoms with Crippen LogP contribution in [0, 0.1) is 13.8 Å². The molecule has 84 valence electrons. The summed E-state index contributed by atoms with van der Waals surface area (Å²) in [6.45, 7) is 4.15. The van der Waals surface area contributed by atoms with Crippen molar-refractivity contribution < 1.29 is 0 Å². The van der Waals surface area contributed by atoms with Crippen LogP contribution in [0.5, 0.6) is 0 Å². The van der Waals surface area contributed by atoms with Crippen LogP contribution in [-0.2, 0) is 0 Å². The minimum Gasteiger partial charge on any atom is -0.282 e.